The molecule has 1 heterocycles. The maximum absolute atomic E-state index is 12.0. The molecule has 4 N–H and O–H groups in total. The third-order valence-electron chi connectivity index (χ3n) is 2.55. The summed E-state index contributed by atoms with van der Waals surface area (Å²) in [5, 5.41) is 12.5. The highest BCUT2D eigenvalue weighted by atomic mass is 79.9. The molecule has 0 saturated heterocycles. The van der Waals surface area contributed by atoms with Crippen LogP contribution >= 0.6 is 27.3 Å². The van der Waals surface area contributed by atoms with Gasteiger partial charge >= 0.3 is 0 Å². The number of hydrogen-bond acceptors (Lipinski definition) is 4. The van der Waals surface area contributed by atoms with Gasteiger partial charge in [0.25, 0.3) is 5.91 Å². The lowest BCUT2D eigenvalue weighted by atomic mass is 10.2. The van der Waals surface area contributed by atoms with Crippen molar-refractivity contribution in [2.75, 3.05) is 12.3 Å². The topological polar surface area (TPSA) is 75.3 Å². The number of aliphatic hydroxyl groups excluding tert-OH is 1. The zero-order valence-corrected chi connectivity index (χ0v) is 12.1. The molecule has 0 spiro atoms. The Morgan fingerprint density at radius 2 is 2.33 bits per heavy atom. The van der Waals surface area contributed by atoms with Crippen LogP contribution < -0.4 is 11.1 Å². The fourth-order valence-electron chi connectivity index (χ4n) is 1.59. The maximum atomic E-state index is 12.0. The Morgan fingerprint density at radius 3 is 3.00 bits per heavy atom. The number of hydrogen-bond donors (Lipinski definition) is 3. The number of nitrogen functional groups attached to an aromatic ring is 1. The molecule has 1 amide bonds. The van der Waals surface area contributed by atoms with Crippen molar-refractivity contribution in [2.24, 2.45) is 0 Å². The van der Waals surface area contributed by atoms with Crippen LogP contribution in [0, 0.1) is 0 Å². The average Bonchev–Trinajstić information content (AvgIpc) is 2.66. The van der Waals surface area contributed by atoms with Crippen LogP contribution in [0.15, 0.2) is 22.7 Å². The van der Waals surface area contributed by atoms with Crippen molar-refractivity contribution in [3.63, 3.8) is 0 Å². The molecule has 1 atom stereocenters. The van der Waals surface area contributed by atoms with E-state index in [1.54, 1.807) is 6.92 Å². The highest BCUT2D eigenvalue weighted by Crippen LogP contribution is 2.35. The Morgan fingerprint density at radius 1 is 1.61 bits per heavy atom. The molecule has 4 nitrogen and oxygen atoms in total. The number of nitrogens with two attached hydrogens (primary N) is 1. The summed E-state index contributed by atoms with van der Waals surface area (Å²) in [4.78, 5) is 12.5. The number of benzene rings is 1. The molecule has 0 saturated carbocycles. The molecule has 0 fully saturated rings. The van der Waals surface area contributed by atoms with E-state index >= 15 is 0 Å². The van der Waals surface area contributed by atoms with Crippen molar-refractivity contribution in [1.82, 2.24) is 5.32 Å². The fraction of sp³-hybridized carbons (Fsp3) is 0.250. The zero-order chi connectivity index (χ0) is 13.3. The van der Waals surface area contributed by atoms with Gasteiger partial charge in [-0.05, 0) is 19.1 Å². The number of fused-ring (bicyclic) bond motifs is 1. The molecule has 0 aliphatic carbocycles. The number of thiophene rings is 1. The summed E-state index contributed by atoms with van der Waals surface area (Å²) in [5.74, 6) is -0.244. The first-order chi connectivity index (χ1) is 8.52. The van der Waals surface area contributed by atoms with Crippen LogP contribution in [0.4, 0.5) is 5.69 Å². The van der Waals surface area contributed by atoms with Crippen LogP contribution in [0.3, 0.4) is 0 Å². The molecule has 2 rings (SSSR count). The molecule has 1 aromatic carbocycles. The third kappa shape index (κ3) is 2.50. The normalized spacial score (nSPS) is 12.6. The number of halogens is 1. The first-order valence-electron chi connectivity index (χ1n) is 5.42. The number of carbonyl (C=O) groups excluding carboxylic acids is 1. The van der Waals surface area contributed by atoms with Gasteiger partial charge in [-0.2, -0.15) is 0 Å². The summed E-state index contributed by atoms with van der Waals surface area (Å²) < 4.78 is 1.91. The monoisotopic (exact) mass is 328 g/mol. The summed E-state index contributed by atoms with van der Waals surface area (Å²) in [5.41, 5.74) is 6.47. The molecule has 1 aromatic heterocycles. The standard InChI is InChI=1S/C12H13BrN2O2S/c1-6(5-16)15-12(17)11-10(14)8-3-2-7(13)4-9(8)18-11/h2-4,6,16H,5,14H2,1H3,(H,15,17). The minimum atomic E-state index is -0.283. The average molecular weight is 329 g/mol. The largest absolute Gasteiger partial charge is 0.397 e. The summed E-state index contributed by atoms with van der Waals surface area (Å²) in [6.07, 6.45) is 0. The van der Waals surface area contributed by atoms with Gasteiger partial charge in [-0.3, -0.25) is 4.79 Å². The van der Waals surface area contributed by atoms with Gasteiger partial charge in [-0.15, -0.1) is 11.3 Å². The van der Waals surface area contributed by atoms with E-state index in [4.69, 9.17) is 10.8 Å². The predicted octanol–water partition coefficient (Wildman–Crippen LogP) is 2.36. The molecule has 1 unspecified atom stereocenters. The minimum absolute atomic E-state index is 0.0952. The van der Waals surface area contributed by atoms with Gasteiger partial charge in [0.05, 0.1) is 12.3 Å². The van der Waals surface area contributed by atoms with E-state index < -0.39 is 0 Å². The van der Waals surface area contributed by atoms with E-state index in [1.165, 1.54) is 11.3 Å². The first-order valence-corrected chi connectivity index (χ1v) is 7.03. The number of carbonyl (C=O) groups is 1. The van der Waals surface area contributed by atoms with Crippen LogP contribution in [-0.4, -0.2) is 23.7 Å². The Bertz CT molecular complexity index is 597. The molecule has 96 valence electrons. The van der Waals surface area contributed by atoms with Gasteiger partial charge in [-0.1, -0.05) is 22.0 Å². The molecule has 6 heteroatoms. The van der Waals surface area contributed by atoms with E-state index in [-0.39, 0.29) is 18.6 Å². The van der Waals surface area contributed by atoms with Crippen molar-refractivity contribution in [3.05, 3.63) is 27.5 Å². The summed E-state index contributed by atoms with van der Waals surface area (Å²) in [7, 11) is 0. The first kappa shape index (κ1) is 13.3. The van der Waals surface area contributed by atoms with Gasteiger partial charge in [0, 0.05) is 20.6 Å². The molecule has 0 aliphatic rings. The van der Waals surface area contributed by atoms with E-state index in [0.717, 1.165) is 14.6 Å². The SMILES string of the molecule is CC(CO)NC(=O)c1sc2cc(Br)ccc2c1N. The Hall–Kier alpha value is -1.11. The maximum Gasteiger partial charge on any atom is 0.263 e. The summed E-state index contributed by atoms with van der Waals surface area (Å²) in [6.45, 7) is 1.64. The Labute approximate surface area is 117 Å². The van der Waals surface area contributed by atoms with Crippen molar-refractivity contribution in [1.29, 1.82) is 0 Å². The van der Waals surface area contributed by atoms with Crippen molar-refractivity contribution < 1.29 is 9.90 Å². The van der Waals surface area contributed by atoms with Crippen molar-refractivity contribution in [3.8, 4) is 0 Å². The van der Waals surface area contributed by atoms with Gasteiger partial charge in [-0.25, -0.2) is 0 Å². The highest BCUT2D eigenvalue weighted by molar-refractivity contribution is 9.10. The van der Waals surface area contributed by atoms with Crippen LogP contribution in [-0.2, 0) is 0 Å². The third-order valence-corrected chi connectivity index (χ3v) is 4.21. The molecule has 0 aliphatic heterocycles. The van der Waals surface area contributed by atoms with Gasteiger partial charge < -0.3 is 16.2 Å². The second-order valence-corrected chi connectivity index (χ2v) is 6.01. The highest BCUT2D eigenvalue weighted by Gasteiger charge is 2.17. The lowest BCUT2D eigenvalue weighted by Gasteiger charge is -2.09. The van der Waals surface area contributed by atoms with Crippen molar-refractivity contribution >= 4 is 48.9 Å². The molecule has 0 radical (unpaired) electrons. The van der Waals surface area contributed by atoms with Gasteiger partial charge in [0.1, 0.15) is 4.88 Å². The minimum Gasteiger partial charge on any atom is -0.397 e. The van der Waals surface area contributed by atoms with E-state index in [9.17, 15) is 4.79 Å². The predicted molar refractivity (Wildman–Crippen MR) is 78.0 cm³/mol. The quantitative estimate of drug-likeness (QED) is 0.809. The fourth-order valence-corrected chi connectivity index (χ4v) is 3.17. The number of amides is 1. The number of anilines is 1. The number of rotatable bonds is 3. The molecular weight excluding hydrogens is 316 g/mol. The second-order valence-electron chi connectivity index (χ2n) is 4.04. The van der Waals surface area contributed by atoms with Crippen LogP contribution in [0.25, 0.3) is 10.1 Å². The number of nitrogens with one attached hydrogen (secondary N) is 1. The lowest BCUT2D eigenvalue weighted by molar-refractivity contribution is 0.0927. The molecule has 2 aromatic rings. The summed E-state index contributed by atoms with van der Waals surface area (Å²) >= 11 is 4.74. The zero-order valence-electron chi connectivity index (χ0n) is 9.74. The van der Waals surface area contributed by atoms with Crippen LogP contribution in [0.1, 0.15) is 16.6 Å². The van der Waals surface area contributed by atoms with E-state index in [0.29, 0.717) is 10.6 Å². The Kier molecular flexibility index (Phi) is 3.89. The second kappa shape index (κ2) is 5.26. The lowest BCUT2D eigenvalue weighted by Crippen LogP contribution is -2.34. The molecule has 0 bridgehead atoms. The van der Waals surface area contributed by atoms with E-state index in [2.05, 4.69) is 21.2 Å². The Balaban J connectivity index is 2.39. The summed E-state index contributed by atoms with van der Waals surface area (Å²) in [6, 6.07) is 5.43. The van der Waals surface area contributed by atoms with Crippen LogP contribution in [0.5, 0.6) is 0 Å². The number of aliphatic hydroxyl groups is 1. The van der Waals surface area contributed by atoms with E-state index in [1.807, 2.05) is 18.2 Å². The molecular formula is C12H13BrN2O2S. The smallest absolute Gasteiger partial charge is 0.263 e. The van der Waals surface area contributed by atoms with Gasteiger partial charge in [0.2, 0.25) is 0 Å². The van der Waals surface area contributed by atoms with Gasteiger partial charge in [0.15, 0.2) is 0 Å². The van der Waals surface area contributed by atoms with Crippen LogP contribution in [0.2, 0.25) is 0 Å². The van der Waals surface area contributed by atoms with Crippen molar-refractivity contribution in [2.45, 2.75) is 13.0 Å². The molecule has 18 heavy (non-hydrogen) atoms.